The normalized spacial score (nSPS) is 6.50. The molecule has 0 aromatic carbocycles. The minimum Gasteiger partial charge on any atom is -0.136 e. The number of hydrogen-bond acceptors (Lipinski definition) is 0. The van der Waals surface area contributed by atoms with Crippen LogP contribution >= 0.6 is 11.6 Å². The van der Waals surface area contributed by atoms with E-state index in [0.29, 0.717) is 5.78 Å². The molecule has 0 rings (SSSR count). The summed E-state index contributed by atoms with van der Waals surface area (Å²) in [5.41, 5.74) is 0. The van der Waals surface area contributed by atoms with Gasteiger partial charge in [0.1, 0.15) is 7.28 Å². The lowest BCUT2D eigenvalue weighted by Crippen LogP contribution is -1.76. The fourth-order valence-corrected chi connectivity index (χ4v) is 0. The van der Waals surface area contributed by atoms with Crippen LogP contribution in [0.4, 0.5) is 0 Å². The van der Waals surface area contributed by atoms with Crippen molar-refractivity contribution in [3.8, 4) is 0 Å². The van der Waals surface area contributed by atoms with Gasteiger partial charge in [-0.15, -0.1) is 11.6 Å². The molecule has 0 aliphatic carbocycles. The van der Waals surface area contributed by atoms with Crippen LogP contribution in [0.3, 0.4) is 0 Å². The van der Waals surface area contributed by atoms with Crippen LogP contribution in [0, 0.1) is 0 Å². The van der Waals surface area contributed by atoms with E-state index in [0.717, 1.165) is 0 Å². The summed E-state index contributed by atoms with van der Waals surface area (Å²) in [7, 11) is 1.89. The van der Waals surface area contributed by atoms with Gasteiger partial charge in [-0.25, -0.2) is 0 Å². The summed E-state index contributed by atoms with van der Waals surface area (Å²) in [5.74, 6) is 0.667. The molecule has 23 valence electrons. The molecule has 0 nitrogen and oxygen atoms in total. The van der Waals surface area contributed by atoms with Crippen molar-refractivity contribution in [2.24, 2.45) is 0 Å². The summed E-state index contributed by atoms with van der Waals surface area (Å²) >= 11 is 5.13. The molecular formula is C2H5BCl. The summed E-state index contributed by atoms with van der Waals surface area (Å²) in [6.45, 7) is 1.92. The van der Waals surface area contributed by atoms with E-state index in [4.69, 9.17) is 11.6 Å². The van der Waals surface area contributed by atoms with E-state index >= 15 is 0 Å². The van der Waals surface area contributed by atoms with Crippen molar-refractivity contribution in [3.63, 3.8) is 0 Å². The molecule has 0 N–H and O–H groups in total. The summed E-state index contributed by atoms with van der Waals surface area (Å²) in [4.78, 5) is 0. The lowest BCUT2D eigenvalue weighted by atomic mass is 9.87. The first-order chi connectivity index (χ1) is 1.91. The third-order valence-corrected chi connectivity index (χ3v) is 0.463. The molecule has 0 aliphatic rings. The van der Waals surface area contributed by atoms with Gasteiger partial charge in [0.15, 0.2) is 0 Å². The summed E-state index contributed by atoms with van der Waals surface area (Å²) in [6, 6.07) is 0. The van der Waals surface area contributed by atoms with Gasteiger partial charge in [-0.1, -0.05) is 6.82 Å². The number of hydrogen-bond donors (Lipinski definition) is 0. The van der Waals surface area contributed by atoms with Crippen LogP contribution in [-0.2, 0) is 0 Å². The van der Waals surface area contributed by atoms with E-state index in [1.54, 1.807) is 0 Å². The van der Waals surface area contributed by atoms with Crippen molar-refractivity contribution < 1.29 is 0 Å². The molecule has 4 heavy (non-hydrogen) atoms. The zero-order valence-corrected chi connectivity index (χ0v) is 3.42. The van der Waals surface area contributed by atoms with Gasteiger partial charge in [0.2, 0.25) is 0 Å². The fourth-order valence-electron chi connectivity index (χ4n) is 0. The molecule has 0 spiro atoms. The van der Waals surface area contributed by atoms with Crippen molar-refractivity contribution in [1.82, 2.24) is 0 Å². The summed E-state index contributed by atoms with van der Waals surface area (Å²) in [5, 5.41) is 0. The third-order valence-electron chi connectivity index (χ3n) is 0.154. The van der Waals surface area contributed by atoms with E-state index < -0.39 is 0 Å². The van der Waals surface area contributed by atoms with Crippen molar-refractivity contribution in [1.29, 1.82) is 0 Å². The molecule has 0 amide bonds. The monoisotopic (exact) mass is 75.0 g/mol. The fraction of sp³-hybridized carbons (Fsp3) is 1.00. The Morgan fingerprint density at radius 1 is 2.00 bits per heavy atom. The SMILES string of the molecule is C[B]CCl. The first kappa shape index (κ1) is 4.35. The van der Waals surface area contributed by atoms with Crippen LogP contribution in [0.2, 0.25) is 6.82 Å². The highest BCUT2D eigenvalue weighted by atomic mass is 35.5. The van der Waals surface area contributed by atoms with Gasteiger partial charge in [-0.05, 0) is 5.78 Å². The number of rotatable bonds is 1. The highest BCUT2D eigenvalue weighted by molar-refractivity contribution is 6.49. The van der Waals surface area contributed by atoms with Gasteiger partial charge in [0.05, 0.1) is 0 Å². The van der Waals surface area contributed by atoms with Crippen LogP contribution in [0.25, 0.3) is 0 Å². The van der Waals surface area contributed by atoms with E-state index in [1.807, 2.05) is 14.1 Å². The van der Waals surface area contributed by atoms with Crippen LogP contribution in [0.15, 0.2) is 0 Å². The Morgan fingerprint density at radius 3 is 2.25 bits per heavy atom. The number of alkyl halides is 1. The maximum Gasteiger partial charge on any atom is 0.126 e. The highest BCUT2D eigenvalue weighted by Gasteiger charge is 1.64. The van der Waals surface area contributed by atoms with Crippen LogP contribution < -0.4 is 0 Å². The Hall–Kier alpha value is 0.355. The Kier molecular flexibility index (Phi) is 3.65. The molecule has 0 saturated heterocycles. The topological polar surface area (TPSA) is 0 Å². The maximum absolute atomic E-state index is 5.13. The quantitative estimate of drug-likeness (QED) is 0.321. The smallest absolute Gasteiger partial charge is 0.126 e. The zero-order valence-electron chi connectivity index (χ0n) is 2.66. The van der Waals surface area contributed by atoms with Crippen molar-refractivity contribution in [2.45, 2.75) is 6.82 Å². The van der Waals surface area contributed by atoms with Crippen LogP contribution in [-0.4, -0.2) is 13.1 Å². The molecule has 0 atom stereocenters. The number of halogens is 1. The van der Waals surface area contributed by atoms with Gasteiger partial charge >= 0.3 is 0 Å². The Labute approximate surface area is 32.4 Å². The largest absolute Gasteiger partial charge is 0.136 e. The van der Waals surface area contributed by atoms with E-state index in [9.17, 15) is 0 Å². The molecule has 0 heterocycles. The van der Waals surface area contributed by atoms with E-state index in [-0.39, 0.29) is 0 Å². The molecule has 0 bridgehead atoms. The van der Waals surface area contributed by atoms with E-state index in [1.165, 1.54) is 0 Å². The van der Waals surface area contributed by atoms with Gasteiger partial charge in [-0.2, -0.15) is 0 Å². The molecule has 0 unspecified atom stereocenters. The zero-order chi connectivity index (χ0) is 3.41. The van der Waals surface area contributed by atoms with Gasteiger partial charge in [0.25, 0.3) is 0 Å². The van der Waals surface area contributed by atoms with Crippen LogP contribution in [0.5, 0.6) is 0 Å². The van der Waals surface area contributed by atoms with Crippen molar-refractivity contribution >= 4 is 18.9 Å². The minimum absolute atomic E-state index is 0.667. The Morgan fingerprint density at radius 2 is 2.25 bits per heavy atom. The van der Waals surface area contributed by atoms with Gasteiger partial charge in [0, 0.05) is 0 Å². The predicted octanol–water partition coefficient (Wildman–Crippen LogP) is 0.935. The summed E-state index contributed by atoms with van der Waals surface area (Å²) in [6.07, 6.45) is 0. The molecular weight excluding hydrogens is 70.3 g/mol. The molecule has 1 radical (unpaired) electrons. The molecule has 0 aromatic heterocycles. The molecule has 2 heteroatoms. The molecule has 0 aromatic rings. The highest BCUT2D eigenvalue weighted by Crippen LogP contribution is 1.63. The Bertz CT molecular complexity index is 8.00. The van der Waals surface area contributed by atoms with Crippen molar-refractivity contribution in [3.05, 3.63) is 0 Å². The lowest BCUT2D eigenvalue weighted by Gasteiger charge is -1.61. The average molecular weight is 75.3 g/mol. The van der Waals surface area contributed by atoms with E-state index in [2.05, 4.69) is 0 Å². The van der Waals surface area contributed by atoms with Crippen molar-refractivity contribution in [2.75, 3.05) is 5.78 Å². The average Bonchev–Trinajstić information content (AvgIpc) is 1.37. The standard InChI is InChI=1S/C2H5BCl/c1-3-2-4/h2H2,1H3. The van der Waals surface area contributed by atoms with Gasteiger partial charge in [-0.3, -0.25) is 0 Å². The molecule has 0 fully saturated rings. The Balaban J connectivity index is 1.97. The van der Waals surface area contributed by atoms with Gasteiger partial charge < -0.3 is 0 Å². The second-order valence-corrected chi connectivity index (χ2v) is 0.871. The molecule has 0 aliphatic heterocycles. The maximum atomic E-state index is 5.13. The first-order valence-electron chi connectivity index (χ1n) is 1.25. The molecule has 0 saturated carbocycles. The predicted molar refractivity (Wildman–Crippen MR) is 22.3 cm³/mol. The summed E-state index contributed by atoms with van der Waals surface area (Å²) < 4.78 is 0. The minimum atomic E-state index is 0.667. The van der Waals surface area contributed by atoms with Crippen LogP contribution in [0.1, 0.15) is 0 Å². The third kappa shape index (κ3) is 2.35. The second kappa shape index (κ2) is 3.35. The lowest BCUT2D eigenvalue weighted by molar-refractivity contribution is 2.04. The second-order valence-electron chi connectivity index (χ2n) is 0.563. The first-order valence-corrected chi connectivity index (χ1v) is 1.79.